The van der Waals surface area contributed by atoms with Crippen molar-refractivity contribution < 1.29 is 9.53 Å². The summed E-state index contributed by atoms with van der Waals surface area (Å²) >= 11 is 0. The fourth-order valence-electron chi connectivity index (χ4n) is 2.99. The lowest BCUT2D eigenvalue weighted by Gasteiger charge is -2.36. The topological polar surface area (TPSA) is 57.2 Å². The molecule has 1 saturated heterocycles. The molecule has 1 unspecified atom stereocenters. The Bertz CT molecular complexity index is 601. The third-order valence-electron chi connectivity index (χ3n) is 4.49. The highest BCUT2D eigenvalue weighted by Crippen LogP contribution is 2.15. The number of aryl methyl sites for hydroxylation is 1. The van der Waals surface area contributed by atoms with Crippen molar-refractivity contribution in [3.63, 3.8) is 0 Å². The molecule has 26 heavy (non-hydrogen) atoms. The van der Waals surface area contributed by atoms with E-state index in [0.717, 1.165) is 25.6 Å². The minimum atomic E-state index is -0.224. The fraction of sp³-hybridized carbons (Fsp3) is 0.579. The first-order valence-electron chi connectivity index (χ1n) is 8.99. The van der Waals surface area contributed by atoms with Crippen LogP contribution in [0.1, 0.15) is 30.9 Å². The van der Waals surface area contributed by atoms with Gasteiger partial charge in [-0.05, 0) is 25.3 Å². The number of nitrogens with one attached hydrogen (secondary N) is 1. The average molecular weight is 474 g/mol. The predicted octanol–water partition coefficient (Wildman–Crippen LogP) is 3.07. The highest BCUT2D eigenvalue weighted by Gasteiger charge is 2.23. The summed E-state index contributed by atoms with van der Waals surface area (Å²) in [6.07, 6.45) is -0.224. The molecule has 1 amide bonds. The molecule has 1 N–H and O–H groups in total. The summed E-state index contributed by atoms with van der Waals surface area (Å²) in [4.78, 5) is 20.1. The Hall–Kier alpha value is -1.51. The Labute approximate surface area is 174 Å². The first kappa shape index (κ1) is 22.5. The molecule has 6 nitrogen and oxygen atoms in total. The summed E-state index contributed by atoms with van der Waals surface area (Å²) < 4.78 is 5.06. The van der Waals surface area contributed by atoms with Gasteiger partial charge in [-0.15, -0.1) is 24.0 Å². The first-order valence-corrected chi connectivity index (χ1v) is 8.99. The summed E-state index contributed by atoms with van der Waals surface area (Å²) in [5.74, 6) is 1.29. The molecular weight excluding hydrogens is 443 g/mol. The number of halogens is 1. The third kappa shape index (κ3) is 6.34. The Kier molecular flexibility index (Phi) is 9.75. The fourth-order valence-corrected chi connectivity index (χ4v) is 2.99. The average Bonchev–Trinajstić information content (AvgIpc) is 2.62. The Morgan fingerprint density at radius 2 is 1.92 bits per heavy atom. The van der Waals surface area contributed by atoms with Crippen molar-refractivity contribution in [3.05, 3.63) is 35.4 Å². The molecular formula is C19H31IN4O2. The molecule has 146 valence electrons. The van der Waals surface area contributed by atoms with Gasteiger partial charge in [0.05, 0.1) is 6.61 Å². The molecule has 2 rings (SSSR count). The van der Waals surface area contributed by atoms with Crippen LogP contribution in [0.4, 0.5) is 4.79 Å². The van der Waals surface area contributed by atoms with Gasteiger partial charge in [0.1, 0.15) is 0 Å². The van der Waals surface area contributed by atoms with E-state index in [2.05, 4.69) is 53.3 Å². The number of nitrogens with zero attached hydrogens (tertiary/aromatic N) is 3. The van der Waals surface area contributed by atoms with E-state index in [1.54, 1.807) is 11.9 Å². The van der Waals surface area contributed by atoms with Crippen LogP contribution in [-0.2, 0) is 4.74 Å². The second kappa shape index (κ2) is 11.3. The van der Waals surface area contributed by atoms with Crippen molar-refractivity contribution in [2.24, 2.45) is 4.99 Å². The standard InChI is InChI=1S/C19H30N4O2.HI/c1-5-25-19(24)23-11-9-22(10-12-23)18(20-4)21-14-16(3)17-8-6-7-15(2)13-17;/h6-8,13,16H,5,9-12,14H2,1-4H3,(H,20,21);1H. The van der Waals surface area contributed by atoms with Crippen LogP contribution < -0.4 is 5.32 Å². The van der Waals surface area contributed by atoms with E-state index in [1.807, 2.05) is 6.92 Å². The number of hydrogen-bond donors (Lipinski definition) is 1. The van der Waals surface area contributed by atoms with Crippen molar-refractivity contribution in [1.29, 1.82) is 0 Å². The maximum atomic E-state index is 11.8. The van der Waals surface area contributed by atoms with Gasteiger partial charge in [-0.25, -0.2) is 4.79 Å². The third-order valence-corrected chi connectivity index (χ3v) is 4.49. The molecule has 0 spiro atoms. The molecule has 1 fully saturated rings. The summed E-state index contributed by atoms with van der Waals surface area (Å²) in [5, 5.41) is 3.47. The number of hydrogen-bond acceptors (Lipinski definition) is 3. The monoisotopic (exact) mass is 474 g/mol. The van der Waals surface area contributed by atoms with Crippen LogP contribution in [-0.4, -0.2) is 68.2 Å². The van der Waals surface area contributed by atoms with Gasteiger partial charge in [0.25, 0.3) is 0 Å². The Balaban J connectivity index is 0.00000338. The van der Waals surface area contributed by atoms with E-state index < -0.39 is 0 Å². The van der Waals surface area contributed by atoms with Gasteiger partial charge in [0.2, 0.25) is 0 Å². The number of rotatable bonds is 4. The molecule has 0 bridgehead atoms. The van der Waals surface area contributed by atoms with Crippen molar-refractivity contribution in [1.82, 2.24) is 15.1 Å². The van der Waals surface area contributed by atoms with Crippen LogP contribution in [0.5, 0.6) is 0 Å². The lowest BCUT2D eigenvalue weighted by Crippen LogP contribution is -2.54. The maximum Gasteiger partial charge on any atom is 0.409 e. The second-order valence-electron chi connectivity index (χ2n) is 6.42. The number of ether oxygens (including phenoxy) is 1. The quantitative estimate of drug-likeness (QED) is 0.414. The number of benzene rings is 1. The minimum Gasteiger partial charge on any atom is -0.450 e. The minimum absolute atomic E-state index is 0. The molecule has 0 radical (unpaired) electrons. The highest BCUT2D eigenvalue weighted by atomic mass is 127. The SMILES string of the molecule is CCOC(=O)N1CCN(C(=NC)NCC(C)c2cccc(C)c2)CC1.I. The Morgan fingerprint density at radius 3 is 2.50 bits per heavy atom. The number of carbonyl (C=O) groups is 1. The molecule has 0 saturated carbocycles. The Morgan fingerprint density at radius 1 is 1.27 bits per heavy atom. The van der Waals surface area contributed by atoms with Crippen LogP contribution in [0.25, 0.3) is 0 Å². The van der Waals surface area contributed by atoms with Crippen LogP contribution in [0, 0.1) is 6.92 Å². The zero-order valence-corrected chi connectivity index (χ0v) is 18.5. The normalized spacial score (nSPS) is 15.9. The molecule has 1 heterocycles. The summed E-state index contributed by atoms with van der Waals surface area (Å²) in [6, 6.07) is 8.61. The second-order valence-corrected chi connectivity index (χ2v) is 6.42. The first-order chi connectivity index (χ1) is 12.0. The molecule has 1 aromatic rings. The van der Waals surface area contributed by atoms with Crippen molar-refractivity contribution in [2.45, 2.75) is 26.7 Å². The van der Waals surface area contributed by atoms with E-state index in [1.165, 1.54) is 11.1 Å². The number of carbonyl (C=O) groups excluding carboxylic acids is 1. The van der Waals surface area contributed by atoms with Crippen LogP contribution in [0.2, 0.25) is 0 Å². The van der Waals surface area contributed by atoms with Gasteiger partial charge in [-0.3, -0.25) is 4.99 Å². The van der Waals surface area contributed by atoms with E-state index in [4.69, 9.17) is 4.74 Å². The highest BCUT2D eigenvalue weighted by molar-refractivity contribution is 14.0. The van der Waals surface area contributed by atoms with E-state index in [9.17, 15) is 4.79 Å². The van der Waals surface area contributed by atoms with Crippen molar-refractivity contribution in [2.75, 3.05) is 46.4 Å². The van der Waals surface area contributed by atoms with Crippen LogP contribution in [0.15, 0.2) is 29.3 Å². The molecule has 7 heteroatoms. The molecule has 1 aromatic carbocycles. The van der Waals surface area contributed by atoms with Gasteiger partial charge in [0.15, 0.2) is 5.96 Å². The summed E-state index contributed by atoms with van der Waals surface area (Å²) in [7, 11) is 1.80. The smallest absolute Gasteiger partial charge is 0.409 e. The van der Waals surface area contributed by atoms with Crippen molar-refractivity contribution in [3.8, 4) is 0 Å². The number of guanidine groups is 1. The van der Waals surface area contributed by atoms with Crippen LogP contribution >= 0.6 is 24.0 Å². The lowest BCUT2D eigenvalue weighted by atomic mass is 9.99. The van der Waals surface area contributed by atoms with Crippen LogP contribution in [0.3, 0.4) is 0 Å². The van der Waals surface area contributed by atoms with Gasteiger partial charge in [-0.1, -0.05) is 36.8 Å². The van der Waals surface area contributed by atoms with Gasteiger partial charge >= 0.3 is 6.09 Å². The maximum absolute atomic E-state index is 11.8. The van der Waals surface area contributed by atoms with E-state index in [0.29, 0.717) is 25.6 Å². The number of amides is 1. The van der Waals surface area contributed by atoms with Gasteiger partial charge < -0.3 is 19.9 Å². The van der Waals surface area contributed by atoms with E-state index in [-0.39, 0.29) is 30.1 Å². The largest absolute Gasteiger partial charge is 0.450 e. The van der Waals surface area contributed by atoms with E-state index >= 15 is 0 Å². The predicted molar refractivity (Wildman–Crippen MR) is 117 cm³/mol. The van der Waals surface area contributed by atoms with Gasteiger partial charge in [-0.2, -0.15) is 0 Å². The molecule has 0 aliphatic carbocycles. The molecule has 1 aliphatic rings. The lowest BCUT2D eigenvalue weighted by molar-refractivity contribution is 0.0914. The van der Waals surface area contributed by atoms with Gasteiger partial charge in [0, 0.05) is 39.8 Å². The summed E-state index contributed by atoms with van der Waals surface area (Å²) in [6.45, 7) is 10.2. The zero-order chi connectivity index (χ0) is 18.2. The number of piperazine rings is 1. The zero-order valence-electron chi connectivity index (χ0n) is 16.2. The van der Waals surface area contributed by atoms with Crippen molar-refractivity contribution >= 4 is 36.0 Å². The number of aliphatic imine (C=N–C) groups is 1. The summed E-state index contributed by atoms with van der Waals surface area (Å²) in [5.41, 5.74) is 2.61. The molecule has 0 aromatic heterocycles. The molecule has 1 atom stereocenters. The molecule has 1 aliphatic heterocycles.